The van der Waals surface area contributed by atoms with E-state index in [1.165, 1.54) is 11.1 Å². The molecule has 0 saturated heterocycles. The molecule has 1 atom stereocenters. The van der Waals surface area contributed by atoms with Crippen LogP contribution < -0.4 is 4.90 Å². The molecule has 1 amide bonds. The predicted octanol–water partition coefficient (Wildman–Crippen LogP) is 3.84. The summed E-state index contributed by atoms with van der Waals surface area (Å²) < 4.78 is 14.4. The lowest BCUT2D eigenvalue weighted by molar-refractivity contribution is 0.0986. The van der Waals surface area contributed by atoms with Crippen LogP contribution in [0.5, 0.6) is 0 Å². The van der Waals surface area contributed by atoms with Gasteiger partial charge in [-0.1, -0.05) is 18.5 Å². The summed E-state index contributed by atoms with van der Waals surface area (Å²) in [4.78, 5) is 31.2. The van der Waals surface area contributed by atoms with Crippen LogP contribution in [0.2, 0.25) is 5.02 Å². The van der Waals surface area contributed by atoms with Crippen LogP contribution in [0.15, 0.2) is 42.9 Å². The molecule has 0 aliphatic carbocycles. The maximum absolute atomic E-state index is 14.4. The number of hydrogen-bond acceptors (Lipinski definition) is 5. The third-order valence-corrected chi connectivity index (χ3v) is 4.45. The van der Waals surface area contributed by atoms with E-state index in [0.717, 1.165) is 6.07 Å². The summed E-state index contributed by atoms with van der Waals surface area (Å²) in [6, 6.07) is 5.73. The summed E-state index contributed by atoms with van der Waals surface area (Å²) >= 11 is 5.99. The molecular weight excluding hydrogens is 357 g/mol. The van der Waals surface area contributed by atoms with Gasteiger partial charge in [0.05, 0.1) is 11.6 Å². The molecule has 130 valence electrons. The second kappa shape index (κ2) is 6.42. The molecule has 1 aromatic carbocycles. The Morgan fingerprint density at radius 2 is 1.88 bits per heavy atom. The van der Waals surface area contributed by atoms with Crippen molar-refractivity contribution in [3.8, 4) is 11.6 Å². The number of fused-ring (bicyclic) bond motifs is 1. The van der Waals surface area contributed by atoms with E-state index < -0.39 is 11.7 Å². The number of rotatable bonds is 3. The first-order valence-electron chi connectivity index (χ1n) is 8.03. The van der Waals surface area contributed by atoms with E-state index in [1.807, 2.05) is 6.92 Å². The van der Waals surface area contributed by atoms with Crippen molar-refractivity contribution in [2.75, 3.05) is 4.90 Å². The van der Waals surface area contributed by atoms with Crippen molar-refractivity contribution in [3.05, 3.63) is 64.8 Å². The molecule has 2 aromatic heterocycles. The summed E-state index contributed by atoms with van der Waals surface area (Å²) in [5.41, 5.74) is 0.607. The van der Waals surface area contributed by atoms with Gasteiger partial charge in [-0.2, -0.15) is 0 Å². The van der Waals surface area contributed by atoms with Crippen LogP contribution in [0.4, 0.5) is 10.2 Å². The van der Waals surface area contributed by atoms with Crippen LogP contribution in [0.1, 0.15) is 35.3 Å². The first-order valence-corrected chi connectivity index (χ1v) is 8.41. The Bertz CT molecular complexity index is 998. The number of hydrogen-bond donors (Lipinski definition) is 0. The van der Waals surface area contributed by atoms with E-state index in [4.69, 9.17) is 11.6 Å². The lowest BCUT2D eigenvalue weighted by Gasteiger charge is -2.23. The number of halogens is 2. The summed E-state index contributed by atoms with van der Waals surface area (Å²) in [5.74, 6) is -0.0641. The highest BCUT2D eigenvalue weighted by molar-refractivity contribution is 6.31. The smallest absolute Gasteiger partial charge is 0.263 e. The Labute approximate surface area is 153 Å². The van der Waals surface area contributed by atoms with Crippen molar-refractivity contribution in [1.29, 1.82) is 0 Å². The summed E-state index contributed by atoms with van der Waals surface area (Å²) in [7, 11) is 0. The molecule has 0 fully saturated rings. The van der Waals surface area contributed by atoms with Crippen molar-refractivity contribution in [2.24, 2.45) is 0 Å². The van der Waals surface area contributed by atoms with Gasteiger partial charge < -0.3 is 0 Å². The highest BCUT2D eigenvalue weighted by Gasteiger charge is 2.40. The molecule has 3 aromatic rings. The maximum atomic E-state index is 14.4. The third-order valence-electron chi connectivity index (χ3n) is 4.23. The minimum atomic E-state index is -0.626. The van der Waals surface area contributed by atoms with Gasteiger partial charge in [0, 0.05) is 23.6 Å². The van der Waals surface area contributed by atoms with E-state index >= 15 is 0 Å². The molecule has 0 spiro atoms. The number of amides is 1. The molecule has 1 unspecified atom stereocenters. The molecule has 26 heavy (non-hydrogen) atoms. The quantitative estimate of drug-likeness (QED) is 0.701. The second-order valence-electron chi connectivity index (χ2n) is 5.76. The molecule has 6 nitrogen and oxygen atoms in total. The molecule has 0 bridgehead atoms. The molecule has 0 N–H and O–H groups in total. The predicted molar refractivity (Wildman–Crippen MR) is 94.3 cm³/mol. The number of anilines is 1. The standard InChI is InChI=1S/C18H13ClFN5O/c1-2-13-11-8-10(19)9-12(20)15(11)18(26)25(13)14-4-7-23-17(24-14)16-21-5-3-6-22-16/h3-9,13H,2H2,1H3. The van der Waals surface area contributed by atoms with Gasteiger partial charge in [-0.25, -0.2) is 24.3 Å². The minimum Gasteiger partial charge on any atom is -0.285 e. The average Bonchev–Trinajstić information content (AvgIpc) is 2.94. The summed E-state index contributed by atoms with van der Waals surface area (Å²) in [6.45, 7) is 1.92. The maximum Gasteiger partial charge on any atom is 0.263 e. The first-order chi connectivity index (χ1) is 12.6. The monoisotopic (exact) mass is 369 g/mol. The fourth-order valence-corrected chi connectivity index (χ4v) is 3.37. The molecule has 0 saturated carbocycles. The van der Waals surface area contributed by atoms with Gasteiger partial charge in [0.25, 0.3) is 5.91 Å². The largest absolute Gasteiger partial charge is 0.285 e. The Hall–Kier alpha value is -2.93. The minimum absolute atomic E-state index is 0.0392. The molecule has 8 heteroatoms. The molecule has 3 heterocycles. The normalized spacial score (nSPS) is 16.0. The van der Waals surface area contributed by atoms with Crippen molar-refractivity contribution in [2.45, 2.75) is 19.4 Å². The number of benzene rings is 1. The number of aromatic nitrogens is 4. The first kappa shape index (κ1) is 16.5. The SMILES string of the molecule is CCC1c2cc(Cl)cc(F)c2C(=O)N1c1ccnc(-c2ncccn2)n1. The fourth-order valence-electron chi connectivity index (χ4n) is 3.15. The second-order valence-corrected chi connectivity index (χ2v) is 6.20. The zero-order valence-electron chi connectivity index (χ0n) is 13.7. The van der Waals surface area contributed by atoms with Gasteiger partial charge in [-0.15, -0.1) is 0 Å². The van der Waals surface area contributed by atoms with Crippen molar-refractivity contribution in [1.82, 2.24) is 19.9 Å². The zero-order chi connectivity index (χ0) is 18.3. The van der Waals surface area contributed by atoms with Crippen LogP contribution in [0, 0.1) is 5.82 Å². The van der Waals surface area contributed by atoms with E-state index in [1.54, 1.807) is 30.6 Å². The molecule has 1 aliphatic heterocycles. The van der Waals surface area contributed by atoms with E-state index in [9.17, 15) is 9.18 Å². The van der Waals surface area contributed by atoms with Crippen molar-refractivity contribution < 1.29 is 9.18 Å². The molecule has 4 rings (SSSR count). The summed E-state index contributed by atoms with van der Waals surface area (Å²) in [5, 5.41) is 0.260. The lowest BCUT2D eigenvalue weighted by atomic mass is 10.0. The Morgan fingerprint density at radius 3 is 2.62 bits per heavy atom. The Morgan fingerprint density at radius 1 is 1.15 bits per heavy atom. The van der Waals surface area contributed by atoms with Crippen LogP contribution in [-0.4, -0.2) is 25.8 Å². The van der Waals surface area contributed by atoms with Crippen LogP contribution >= 0.6 is 11.6 Å². The van der Waals surface area contributed by atoms with Gasteiger partial charge >= 0.3 is 0 Å². The van der Waals surface area contributed by atoms with E-state index in [2.05, 4.69) is 19.9 Å². The average molecular weight is 370 g/mol. The zero-order valence-corrected chi connectivity index (χ0v) is 14.5. The lowest BCUT2D eigenvalue weighted by Crippen LogP contribution is -2.28. The molecule has 0 radical (unpaired) electrons. The van der Waals surface area contributed by atoms with Gasteiger partial charge in [0.1, 0.15) is 11.6 Å². The van der Waals surface area contributed by atoms with Crippen LogP contribution in [0.25, 0.3) is 11.6 Å². The Kier molecular flexibility index (Phi) is 4.08. The highest BCUT2D eigenvalue weighted by Crippen LogP contribution is 2.41. The Balaban J connectivity index is 1.81. The van der Waals surface area contributed by atoms with Gasteiger partial charge in [0.2, 0.25) is 0 Å². The number of nitrogens with zero attached hydrogens (tertiary/aromatic N) is 5. The number of carbonyl (C=O) groups is 1. The molecular formula is C18H13ClFN5O. The highest BCUT2D eigenvalue weighted by atomic mass is 35.5. The van der Waals surface area contributed by atoms with E-state index in [0.29, 0.717) is 29.5 Å². The van der Waals surface area contributed by atoms with Gasteiger partial charge in [-0.05, 0) is 36.2 Å². The van der Waals surface area contributed by atoms with Crippen LogP contribution in [-0.2, 0) is 0 Å². The van der Waals surface area contributed by atoms with Gasteiger partial charge in [-0.3, -0.25) is 9.69 Å². The van der Waals surface area contributed by atoms with Crippen molar-refractivity contribution >= 4 is 23.3 Å². The fraction of sp³-hybridized carbons (Fsp3) is 0.167. The number of carbonyl (C=O) groups excluding carboxylic acids is 1. The molecule has 1 aliphatic rings. The van der Waals surface area contributed by atoms with E-state index in [-0.39, 0.29) is 16.6 Å². The van der Waals surface area contributed by atoms with Gasteiger partial charge in [0.15, 0.2) is 11.6 Å². The topological polar surface area (TPSA) is 71.9 Å². The third kappa shape index (κ3) is 2.61. The summed E-state index contributed by atoms with van der Waals surface area (Å²) in [6.07, 6.45) is 5.28. The van der Waals surface area contributed by atoms with Crippen LogP contribution in [0.3, 0.4) is 0 Å². The van der Waals surface area contributed by atoms with Crippen molar-refractivity contribution in [3.63, 3.8) is 0 Å².